The maximum absolute atomic E-state index is 12.8. The fourth-order valence-electron chi connectivity index (χ4n) is 3.83. The third kappa shape index (κ3) is 6.96. The van der Waals surface area contributed by atoms with Gasteiger partial charge < -0.3 is 21.3 Å². The first kappa shape index (κ1) is 29.2. The molecule has 2 atom stereocenters. The number of anilines is 1. The molecule has 4 rings (SSSR count). The summed E-state index contributed by atoms with van der Waals surface area (Å²) < 4.78 is 31.7. The fraction of sp³-hybridized carbons (Fsp3) is 0.240. The van der Waals surface area contributed by atoms with Gasteiger partial charge in [0.25, 0.3) is 5.91 Å². The molecule has 0 aromatic heterocycles. The average Bonchev–Trinajstić information content (AvgIpc) is 2.88. The lowest BCUT2D eigenvalue weighted by molar-refractivity contribution is -0.192. The monoisotopic (exact) mass is 565 g/mol. The van der Waals surface area contributed by atoms with E-state index in [1.54, 1.807) is 54.6 Å². The standard InChI is InChI=1S/C23H21N3O5S.C2HF3O2/c24-16-9-5-4-8-14(16)11-18(28)25-19-21(29)26-20(23(30)31)15(12-32-22(19)26)10-17(27)13-6-2-1-3-7-13;3-2(4,5)1(6)7/h1-9,19,22H,10-12,24H2,(H,25,28)(H,30,31);(H,6,7). The maximum Gasteiger partial charge on any atom is 0.490 e. The number of β-lactam (4-membered cyclic amide) rings is 1. The largest absolute Gasteiger partial charge is 0.490 e. The molecular weight excluding hydrogens is 543 g/mol. The van der Waals surface area contributed by atoms with Gasteiger partial charge in [-0.05, 0) is 17.2 Å². The summed E-state index contributed by atoms with van der Waals surface area (Å²) in [5, 5.41) is 19.0. The number of benzene rings is 2. The second kappa shape index (κ2) is 12.0. The van der Waals surface area contributed by atoms with Crippen molar-refractivity contribution in [3.8, 4) is 0 Å². The molecule has 0 saturated carbocycles. The quantitative estimate of drug-likeness (QED) is 0.224. The van der Waals surface area contributed by atoms with Crippen molar-refractivity contribution in [1.29, 1.82) is 0 Å². The number of nitrogens with zero attached hydrogens (tertiary/aromatic N) is 1. The number of fused-ring (bicyclic) bond motifs is 1. The Morgan fingerprint density at radius 2 is 1.59 bits per heavy atom. The molecule has 10 nitrogen and oxygen atoms in total. The van der Waals surface area contributed by atoms with Crippen molar-refractivity contribution in [3.63, 3.8) is 0 Å². The maximum atomic E-state index is 12.8. The summed E-state index contributed by atoms with van der Waals surface area (Å²) in [7, 11) is 0. The van der Waals surface area contributed by atoms with Crippen molar-refractivity contribution in [1.82, 2.24) is 10.2 Å². The molecular formula is C25H22F3N3O7S. The number of carboxylic acid groups (broad SMARTS) is 2. The molecule has 1 saturated heterocycles. The normalized spacial score (nSPS) is 18.2. The molecule has 2 unspecified atom stereocenters. The third-order valence-electron chi connectivity index (χ3n) is 5.68. The Hall–Kier alpha value is -4.33. The molecule has 206 valence electrons. The van der Waals surface area contributed by atoms with Crippen LogP contribution in [-0.2, 0) is 25.6 Å². The summed E-state index contributed by atoms with van der Waals surface area (Å²) in [6.07, 6.45) is -5.15. The first-order valence-electron chi connectivity index (χ1n) is 11.2. The van der Waals surface area contributed by atoms with Crippen LogP contribution in [0, 0.1) is 0 Å². The number of nitrogens with two attached hydrogens (primary N) is 1. The van der Waals surface area contributed by atoms with Crippen LogP contribution in [0.5, 0.6) is 0 Å². The van der Waals surface area contributed by atoms with Crippen LogP contribution in [0.15, 0.2) is 65.9 Å². The van der Waals surface area contributed by atoms with E-state index in [-0.39, 0.29) is 36.0 Å². The number of Topliss-reactive ketones (excluding diaryl/α,β-unsaturated/α-hetero) is 1. The fourth-order valence-corrected chi connectivity index (χ4v) is 5.18. The number of nitrogens with one attached hydrogen (secondary N) is 1. The zero-order valence-corrected chi connectivity index (χ0v) is 20.8. The minimum Gasteiger partial charge on any atom is -0.477 e. The number of amides is 2. The second-order valence-corrected chi connectivity index (χ2v) is 9.46. The van der Waals surface area contributed by atoms with E-state index in [2.05, 4.69) is 5.32 Å². The predicted octanol–water partition coefficient (Wildman–Crippen LogP) is 2.46. The molecule has 2 heterocycles. The Labute approximate surface area is 223 Å². The smallest absolute Gasteiger partial charge is 0.477 e. The van der Waals surface area contributed by atoms with Gasteiger partial charge in [-0.25, -0.2) is 9.59 Å². The third-order valence-corrected chi connectivity index (χ3v) is 7.02. The number of hydrogen-bond donors (Lipinski definition) is 4. The van der Waals surface area contributed by atoms with Crippen LogP contribution >= 0.6 is 11.8 Å². The number of hydrogen-bond acceptors (Lipinski definition) is 7. The summed E-state index contributed by atoms with van der Waals surface area (Å²) in [4.78, 5) is 59.8. The number of alkyl halides is 3. The van der Waals surface area contributed by atoms with E-state index in [1.807, 2.05) is 0 Å². The molecule has 1 fully saturated rings. The summed E-state index contributed by atoms with van der Waals surface area (Å²) in [5.74, 6) is -4.82. The molecule has 5 N–H and O–H groups in total. The zero-order valence-electron chi connectivity index (χ0n) is 20.0. The van der Waals surface area contributed by atoms with Gasteiger partial charge in [-0.3, -0.25) is 19.3 Å². The van der Waals surface area contributed by atoms with Crippen molar-refractivity contribution in [2.45, 2.75) is 30.4 Å². The van der Waals surface area contributed by atoms with Gasteiger partial charge in [0.2, 0.25) is 5.91 Å². The van der Waals surface area contributed by atoms with E-state index in [0.717, 1.165) is 0 Å². The highest BCUT2D eigenvalue weighted by molar-refractivity contribution is 8.00. The van der Waals surface area contributed by atoms with Gasteiger partial charge in [-0.1, -0.05) is 48.5 Å². The predicted molar refractivity (Wildman–Crippen MR) is 133 cm³/mol. The molecule has 14 heteroatoms. The van der Waals surface area contributed by atoms with E-state index >= 15 is 0 Å². The molecule has 0 bridgehead atoms. The Morgan fingerprint density at radius 1 is 1.00 bits per heavy atom. The molecule has 0 spiro atoms. The number of aliphatic carboxylic acids is 2. The summed E-state index contributed by atoms with van der Waals surface area (Å²) >= 11 is 1.33. The van der Waals surface area contributed by atoms with Crippen molar-refractivity contribution in [2.75, 3.05) is 11.5 Å². The SMILES string of the molecule is Nc1ccccc1CC(=O)NC1C(=O)N2C(C(=O)O)=C(CC(=O)c3ccccc3)CSC12.O=C(O)C(F)(F)F. The van der Waals surface area contributed by atoms with Gasteiger partial charge in [0, 0.05) is 23.4 Å². The minimum atomic E-state index is -5.08. The van der Waals surface area contributed by atoms with Gasteiger partial charge in [-0.15, -0.1) is 11.8 Å². The number of para-hydroxylation sites is 1. The molecule has 2 aromatic carbocycles. The number of carbonyl (C=O) groups is 5. The van der Waals surface area contributed by atoms with E-state index < -0.39 is 35.4 Å². The highest BCUT2D eigenvalue weighted by Crippen LogP contribution is 2.41. The lowest BCUT2D eigenvalue weighted by Gasteiger charge is -2.49. The zero-order chi connectivity index (χ0) is 28.9. The first-order chi connectivity index (χ1) is 18.3. The molecule has 0 aliphatic carbocycles. The van der Waals surface area contributed by atoms with Crippen LogP contribution in [-0.4, -0.2) is 68.0 Å². The Kier molecular flexibility index (Phi) is 9.01. The van der Waals surface area contributed by atoms with Crippen molar-refractivity contribution in [3.05, 3.63) is 77.0 Å². The molecule has 0 radical (unpaired) electrons. The number of carboxylic acids is 2. The molecule has 2 aliphatic rings. The number of halogens is 3. The highest BCUT2D eigenvalue weighted by Gasteiger charge is 2.54. The van der Waals surface area contributed by atoms with Crippen LogP contribution in [0.4, 0.5) is 18.9 Å². The topological polar surface area (TPSA) is 167 Å². The number of nitrogen functional groups attached to an aromatic ring is 1. The molecule has 2 amide bonds. The second-order valence-electron chi connectivity index (χ2n) is 8.36. The minimum absolute atomic E-state index is 0.0201. The van der Waals surface area contributed by atoms with E-state index in [0.29, 0.717) is 22.4 Å². The first-order valence-corrected chi connectivity index (χ1v) is 12.3. The van der Waals surface area contributed by atoms with Crippen LogP contribution < -0.4 is 11.1 Å². The van der Waals surface area contributed by atoms with Gasteiger partial charge in [0.05, 0.1) is 6.42 Å². The van der Waals surface area contributed by atoms with E-state index in [9.17, 15) is 37.5 Å². The van der Waals surface area contributed by atoms with E-state index in [1.165, 1.54) is 16.7 Å². The van der Waals surface area contributed by atoms with Crippen molar-refractivity contribution < 1.29 is 47.4 Å². The molecule has 2 aliphatic heterocycles. The molecule has 39 heavy (non-hydrogen) atoms. The Morgan fingerprint density at radius 3 is 2.15 bits per heavy atom. The lowest BCUT2D eigenvalue weighted by Crippen LogP contribution is -2.70. The Balaban J connectivity index is 0.000000532. The van der Waals surface area contributed by atoms with Gasteiger partial charge in [-0.2, -0.15) is 13.2 Å². The Bertz CT molecular complexity index is 1330. The van der Waals surface area contributed by atoms with Crippen LogP contribution in [0.1, 0.15) is 22.3 Å². The van der Waals surface area contributed by atoms with Gasteiger partial charge >= 0.3 is 18.1 Å². The van der Waals surface area contributed by atoms with Gasteiger partial charge in [0.1, 0.15) is 17.1 Å². The van der Waals surface area contributed by atoms with Crippen molar-refractivity contribution >= 4 is 47.0 Å². The van der Waals surface area contributed by atoms with Crippen molar-refractivity contribution in [2.24, 2.45) is 0 Å². The summed E-state index contributed by atoms with van der Waals surface area (Å²) in [6, 6.07) is 14.7. The van der Waals surface area contributed by atoms with Crippen LogP contribution in [0.25, 0.3) is 0 Å². The number of carbonyl (C=O) groups excluding carboxylic acids is 3. The number of ketones is 1. The van der Waals surface area contributed by atoms with Crippen LogP contribution in [0.3, 0.4) is 0 Å². The van der Waals surface area contributed by atoms with Gasteiger partial charge in [0.15, 0.2) is 5.78 Å². The number of rotatable bonds is 7. The lowest BCUT2D eigenvalue weighted by atomic mass is 9.98. The number of thioether (sulfide) groups is 1. The molecule has 2 aromatic rings. The summed E-state index contributed by atoms with van der Waals surface area (Å²) in [5.41, 5.74) is 7.72. The average molecular weight is 566 g/mol. The highest BCUT2D eigenvalue weighted by atomic mass is 32.2. The summed E-state index contributed by atoms with van der Waals surface area (Å²) in [6.45, 7) is 0. The van der Waals surface area contributed by atoms with E-state index in [4.69, 9.17) is 15.6 Å². The van der Waals surface area contributed by atoms with Crippen LogP contribution in [0.2, 0.25) is 0 Å².